The second-order valence-electron chi connectivity index (χ2n) is 6.40. The molecular weight excluding hydrogens is 238 g/mol. The van der Waals surface area contributed by atoms with Gasteiger partial charge in [0.15, 0.2) is 0 Å². The van der Waals surface area contributed by atoms with Gasteiger partial charge in [-0.2, -0.15) is 5.10 Å². The van der Waals surface area contributed by atoms with Crippen molar-refractivity contribution in [2.24, 2.45) is 0 Å². The zero-order valence-electron chi connectivity index (χ0n) is 12.7. The molecule has 1 aromatic rings. The monoisotopic (exact) mass is 263 g/mol. The minimum absolute atomic E-state index is 0.149. The largest absolute Gasteiger partial charge is 0.335 e. The van der Waals surface area contributed by atoms with Crippen LogP contribution in [0.5, 0.6) is 0 Å². The summed E-state index contributed by atoms with van der Waals surface area (Å²) in [4.78, 5) is 6.86. The fraction of sp³-hybridized carbons (Fsp3) is 0.786. The number of rotatable bonds is 3. The minimum Gasteiger partial charge on any atom is -0.335 e. The molecule has 1 aliphatic rings. The van der Waals surface area contributed by atoms with Crippen molar-refractivity contribution < 1.29 is 0 Å². The molecule has 1 unspecified atom stereocenters. The second kappa shape index (κ2) is 5.41. The van der Waals surface area contributed by atoms with Crippen molar-refractivity contribution in [1.82, 2.24) is 20.5 Å². The van der Waals surface area contributed by atoms with Crippen molar-refractivity contribution >= 4 is 5.95 Å². The van der Waals surface area contributed by atoms with Gasteiger partial charge >= 0.3 is 0 Å². The van der Waals surface area contributed by atoms with Gasteiger partial charge in [0.05, 0.1) is 11.4 Å². The number of aryl methyl sites for hydroxylation is 2. The van der Waals surface area contributed by atoms with Gasteiger partial charge in [-0.3, -0.25) is 0 Å². The first kappa shape index (κ1) is 14.2. The summed E-state index contributed by atoms with van der Waals surface area (Å²) in [5.74, 6) is 0.779. The van der Waals surface area contributed by atoms with Gasteiger partial charge in [-0.05, 0) is 47.5 Å². The summed E-state index contributed by atoms with van der Waals surface area (Å²) in [7, 11) is 0. The molecular formula is C14H25N5. The van der Waals surface area contributed by atoms with E-state index in [9.17, 15) is 0 Å². The maximum atomic E-state index is 4.57. The van der Waals surface area contributed by atoms with E-state index in [1.54, 1.807) is 0 Å². The zero-order valence-corrected chi connectivity index (χ0v) is 12.7. The van der Waals surface area contributed by atoms with E-state index in [4.69, 9.17) is 0 Å². The SMILES string of the molecule is Cc1nnc(N2CCCC2CNC(C)(C)C)nc1C. The first-order chi connectivity index (χ1) is 8.87. The summed E-state index contributed by atoms with van der Waals surface area (Å²) in [5, 5.41) is 12.0. The van der Waals surface area contributed by atoms with Crippen molar-refractivity contribution in [1.29, 1.82) is 0 Å². The van der Waals surface area contributed by atoms with Crippen LogP contribution in [0, 0.1) is 13.8 Å². The van der Waals surface area contributed by atoms with Gasteiger partial charge in [0.2, 0.25) is 5.95 Å². The molecule has 5 heteroatoms. The molecule has 0 radical (unpaired) electrons. The van der Waals surface area contributed by atoms with Crippen LogP contribution in [0.25, 0.3) is 0 Å². The summed E-state index contributed by atoms with van der Waals surface area (Å²) in [6, 6.07) is 0.475. The van der Waals surface area contributed by atoms with Crippen LogP contribution in [0.15, 0.2) is 0 Å². The van der Waals surface area contributed by atoms with Gasteiger partial charge in [-0.1, -0.05) is 0 Å². The average Bonchev–Trinajstić information content (AvgIpc) is 2.77. The number of nitrogens with zero attached hydrogens (tertiary/aromatic N) is 4. The average molecular weight is 263 g/mol. The summed E-state index contributed by atoms with van der Waals surface area (Å²) < 4.78 is 0. The predicted octanol–water partition coefficient (Wildman–Crippen LogP) is 1.85. The van der Waals surface area contributed by atoms with Crippen molar-refractivity contribution in [3.8, 4) is 0 Å². The second-order valence-corrected chi connectivity index (χ2v) is 6.40. The molecule has 5 nitrogen and oxygen atoms in total. The lowest BCUT2D eigenvalue weighted by Gasteiger charge is -2.29. The lowest BCUT2D eigenvalue weighted by molar-refractivity contribution is 0.404. The van der Waals surface area contributed by atoms with Crippen LogP contribution in [-0.4, -0.2) is 39.9 Å². The molecule has 1 saturated heterocycles. The summed E-state index contributed by atoms with van der Waals surface area (Å²) in [5.41, 5.74) is 2.03. The topological polar surface area (TPSA) is 53.9 Å². The van der Waals surface area contributed by atoms with Crippen molar-refractivity contribution in [3.63, 3.8) is 0 Å². The molecule has 2 heterocycles. The fourth-order valence-corrected chi connectivity index (χ4v) is 2.30. The maximum absolute atomic E-state index is 4.57. The molecule has 0 saturated carbocycles. The lowest BCUT2D eigenvalue weighted by atomic mass is 10.1. The zero-order chi connectivity index (χ0) is 14.0. The number of hydrogen-bond acceptors (Lipinski definition) is 5. The molecule has 1 aliphatic heterocycles. The Bertz CT molecular complexity index is 438. The van der Waals surface area contributed by atoms with Gasteiger partial charge in [0, 0.05) is 24.7 Å². The highest BCUT2D eigenvalue weighted by molar-refractivity contribution is 5.33. The quantitative estimate of drug-likeness (QED) is 0.902. The van der Waals surface area contributed by atoms with Crippen LogP contribution < -0.4 is 10.2 Å². The minimum atomic E-state index is 0.149. The third-order valence-electron chi connectivity index (χ3n) is 3.58. The van der Waals surface area contributed by atoms with Crippen LogP contribution in [-0.2, 0) is 0 Å². The van der Waals surface area contributed by atoms with Crippen molar-refractivity contribution in [2.75, 3.05) is 18.0 Å². The van der Waals surface area contributed by atoms with E-state index in [0.29, 0.717) is 6.04 Å². The van der Waals surface area contributed by atoms with E-state index in [0.717, 1.165) is 30.4 Å². The Kier molecular flexibility index (Phi) is 4.04. The van der Waals surface area contributed by atoms with E-state index in [-0.39, 0.29) is 5.54 Å². The smallest absolute Gasteiger partial charge is 0.245 e. The molecule has 1 aromatic heterocycles. The summed E-state index contributed by atoms with van der Waals surface area (Å²) >= 11 is 0. The summed E-state index contributed by atoms with van der Waals surface area (Å²) in [6.07, 6.45) is 2.39. The highest BCUT2D eigenvalue weighted by atomic mass is 15.3. The van der Waals surface area contributed by atoms with E-state index in [1.807, 2.05) is 13.8 Å². The van der Waals surface area contributed by atoms with Gasteiger partial charge in [0.25, 0.3) is 0 Å². The highest BCUT2D eigenvalue weighted by Crippen LogP contribution is 2.22. The Balaban J connectivity index is 2.07. The van der Waals surface area contributed by atoms with E-state index >= 15 is 0 Å². The predicted molar refractivity (Wildman–Crippen MR) is 77.4 cm³/mol. The first-order valence-electron chi connectivity index (χ1n) is 7.06. The van der Waals surface area contributed by atoms with E-state index < -0.39 is 0 Å². The molecule has 1 atom stereocenters. The number of anilines is 1. The molecule has 1 N–H and O–H groups in total. The normalized spacial score (nSPS) is 20.1. The fourth-order valence-electron chi connectivity index (χ4n) is 2.30. The van der Waals surface area contributed by atoms with Crippen LogP contribution in [0.2, 0.25) is 0 Å². The van der Waals surface area contributed by atoms with Gasteiger partial charge in [-0.25, -0.2) is 4.98 Å². The lowest BCUT2D eigenvalue weighted by Crippen LogP contribution is -2.45. The van der Waals surface area contributed by atoms with Gasteiger partial charge in [-0.15, -0.1) is 5.10 Å². The van der Waals surface area contributed by atoms with Crippen LogP contribution >= 0.6 is 0 Å². The molecule has 0 aromatic carbocycles. The molecule has 0 aliphatic carbocycles. The molecule has 0 amide bonds. The molecule has 0 bridgehead atoms. The molecule has 2 rings (SSSR count). The van der Waals surface area contributed by atoms with Crippen LogP contribution in [0.1, 0.15) is 45.0 Å². The van der Waals surface area contributed by atoms with E-state index in [1.165, 1.54) is 12.8 Å². The Labute approximate surface area is 115 Å². The Hall–Kier alpha value is -1.23. The summed E-state index contributed by atoms with van der Waals surface area (Å²) in [6.45, 7) is 12.5. The number of nitrogens with one attached hydrogen (secondary N) is 1. The van der Waals surface area contributed by atoms with Crippen molar-refractivity contribution in [3.05, 3.63) is 11.4 Å². The third-order valence-corrected chi connectivity index (χ3v) is 3.58. The van der Waals surface area contributed by atoms with Gasteiger partial charge in [0.1, 0.15) is 0 Å². The third kappa shape index (κ3) is 3.62. The standard InChI is InChI=1S/C14H25N5/c1-10-11(2)17-18-13(16-10)19-8-6-7-12(19)9-15-14(3,4)5/h12,15H,6-9H2,1-5H3. The van der Waals surface area contributed by atoms with Crippen LogP contribution in [0.3, 0.4) is 0 Å². The molecule has 19 heavy (non-hydrogen) atoms. The Morgan fingerprint density at radius 1 is 1.21 bits per heavy atom. The first-order valence-corrected chi connectivity index (χ1v) is 7.06. The molecule has 106 valence electrons. The van der Waals surface area contributed by atoms with E-state index in [2.05, 4.69) is 46.2 Å². The Morgan fingerprint density at radius 2 is 1.95 bits per heavy atom. The number of aromatic nitrogens is 3. The number of hydrogen-bond donors (Lipinski definition) is 1. The molecule has 1 fully saturated rings. The van der Waals surface area contributed by atoms with Crippen LogP contribution in [0.4, 0.5) is 5.95 Å². The Morgan fingerprint density at radius 3 is 2.58 bits per heavy atom. The maximum Gasteiger partial charge on any atom is 0.245 e. The molecule has 0 spiro atoms. The van der Waals surface area contributed by atoms with Crippen molar-refractivity contribution in [2.45, 2.75) is 59.0 Å². The highest BCUT2D eigenvalue weighted by Gasteiger charge is 2.28. The van der Waals surface area contributed by atoms with Gasteiger partial charge < -0.3 is 10.2 Å².